The third kappa shape index (κ3) is 4.14. The zero-order valence-corrected chi connectivity index (χ0v) is 10.3. The molecular formula is C12H10F5NO3. The Morgan fingerprint density at radius 2 is 1.62 bits per heavy atom. The maximum absolute atomic E-state index is 12.8. The van der Waals surface area contributed by atoms with Gasteiger partial charge in [0.15, 0.2) is 0 Å². The van der Waals surface area contributed by atoms with Gasteiger partial charge in [-0.25, -0.2) is 4.79 Å². The molecule has 0 heterocycles. The number of amides is 1. The Balaban J connectivity index is 2.85. The van der Waals surface area contributed by atoms with Crippen LogP contribution in [0, 0.1) is 0 Å². The van der Waals surface area contributed by atoms with Crippen LogP contribution in [0.4, 0.5) is 22.0 Å². The highest BCUT2D eigenvalue weighted by atomic mass is 19.4. The average molecular weight is 311 g/mol. The van der Waals surface area contributed by atoms with Crippen molar-refractivity contribution in [2.75, 3.05) is 0 Å². The van der Waals surface area contributed by atoms with Crippen LogP contribution in [0.1, 0.15) is 5.56 Å². The topological polar surface area (TPSA) is 66.4 Å². The summed E-state index contributed by atoms with van der Waals surface area (Å²) in [7, 11) is 0. The quantitative estimate of drug-likeness (QED) is 0.817. The number of carboxylic acid groups (broad SMARTS) is 1. The maximum Gasteiger partial charge on any atom is 0.463 e. The van der Waals surface area contributed by atoms with E-state index in [1.165, 1.54) is 29.6 Å². The number of aliphatic carboxylic acids is 1. The Morgan fingerprint density at radius 1 is 1.10 bits per heavy atom. The van der Waals surface area contributed by atoms with Gasteiger partial charge in [-0.2, -0.15) is 22.0 Å². The molecule has 0 unspecified atom stereocenters. The van der Waals surface area contributed by atoms with E-state index in [-0.39, 0.29) is 0 Å². The van der Waals surface area contributed by atoms with Gasteiger partial charge < -0.3 is 10.4 Å². The lowest BCUT2D eigenvalue weighted by atomic mass is 10.1. The second kappa shape index (κ2) is 6.06. The highest BCUT2D eigenvalue weighted by Gasteiger charge is 2.63. The number of hydrogen-bond donors (Lipinski definition) is 2. The van der Waals surface area contributed by atoms with E-state index in [0.29, 0.717) is 5.56 Å². The third-order valence-electron chi connectivity index (χ3n) is 2.53. The van der Waals surface area contributed by atoms with Gasteiger partial charge in [0, 0.05) is 6.42 Å². The second-order valence-corrected chi connectivity index (χ2v) is 4.13. The standard InChI is InChI=1S/C12H10F5NO3/c13-11(14,12(15,16)17)10(21)18-8(9(19)20)6-7-4-2-1-3-5-7/h1-5,8H,6H2,(H,18,21)(H,19,20)/t8-/m1/s1. The molecule has 1 amide bonds. The van der Waals surface area contributed by atoms with Gasteiger partial charge in [0.25, 0.3) is 0 Å². The van der Waals surface area contributed by atoms with E-state index in [1.54, 1.807) is 6.07 Å². The first-order valence-electron chi connectivity index (χ1n) is 5.58. The zero-order valence-electron chi connectivity index (χ0n) is 10.3. The Labute approximate surface area is 115 Å². The van der Waals surface area contributed by atoms with Crippen molar-refractivity contribution in [3.8, 4) is 0 Å². The monoisotopic (exact) mass is 311 g/mol. The molecule has 2 N–H and O–H groups in total. The first kappa shape index (κ1) is 16.9. The molecule has 0 aliphatic heterocycles. The number of carbonyl (C=O) groups excluding carboxylic acids is 1. The minimum absolute atomic E-state index is 0.362. The van der Waals surface area contributed by atoms with Crippen molar-refractivity contribution in [2.45, 2.75) is 24.6 Å². The summed E-state index contributed by atoms with van der Waals surface area (Å²) >= 11 is 0. The lowest BCUT2D eigenvalue weighted by Gasteiger charge is -2.21. The van der Waals surface area contributed by atoms with Crippen molar-refractivity contribution < 1.29 is 36.6 Å². The van der Waals surface area contributed by atoms with Crippen LogP contribution >= 0.6 is 0 Å². The van der Waals surface area contributed by atoms with Gasteiger partial charge in [-0.05, 0) is 5.56 Å². The Morgan fingerprint density at radius 3 is 2.05 bits per heavy atom. The third-order valence-corrected chi connectivity index (χ3v) is 2.53. The smallest absolute Gasteiger partial charge is 0.463 e. The fourth-order valence-electron chi connectivity index (χ4n) is 1.43. The molecule has 0 aliphatic carbocycles. The molecule has 0 fully saturated rings. The van der Waals surface area contributed by atoms with Crippen molar-refractivity contribution in [3.05, 3.63) is 35.9 Å². The molecule has 0 aliphatic rings. The summed E-state index contributed by atoms with van der Waals surface area (Å²) in [4.78, 5) is 21.8. The Hall–Kier alpha value is -2.19. The average Bonchev–Trinajstić information content (AvgIpc) is 2.37. The van der Waals surface area contributed by atoms with Gasteiger partial charge in [0.1, 0.15) is 6.04 Å². The fraction of sp³-hybridized carbons (Fsp3) is 0.333. The predicted octanol–water partition coefficient (Wildman–Crippen LogP) is 2.00. The van der Waals surface area contributed by atoms with Crippen LogP contribution in [0.25, 0.3) is 0 Å². The number of carboxylic acids is 1. The lowest BCUT2D eigenvalue weighted by Crippen LogP contribution is -2.55. The molecular weight excluding hydrogens is 301 g/mol. The van der Waals surface area contributed by atoms with Gasteiger partial charge in [0.05, 0.1) is 0 Å². The van der Waals surface area contributed by atoms with Gasteiger partial charge in [0.2, 0.25) is 0 Å². The summed E-state index contributed by atoms with van der Waals surface area (Å²) in [6, 6.07) is 5.66. The largest absolute Gasteiger partial charge is 0.480 e. The Bertz CT molecular complexity index is 515. The zero-order chi connectivity index (χ0) is 16.3. The summed E-state index contributed by atoms with van der Waals surface area (Å²) in [6.45, 7) is 0. The number of halogens is 5. The first-order chi connectivity index (χ1) is 9.55. The summed E-state index contributed by atoms with van der Waals surface area (Å²) in [5.74, 6) is -10.1. The van der Waals surface area contributed by atoms with E-state index in [9.17, 15) is 31.5 Å². The van der Waals surface area contributed by atoms with Crippen molar-refractivity contribution in [3.63, 3.8) is 0 Å². The van der Waals surface area contributed by atoms with Crippen LogP contribution in [0.2, 0.25) is 0 Å². The molecule has 0 saturated heterocycles. The SMILES string of the molecule is O=C(O)[C@@H](Cc1ccccc1)NC(=O)C(F)(F)C(F)(F)F. The molecule has 0 saturated carbocycles. The minimum atomic E-state index is -6.09. The maximum atomic E-state index is 12.8. The summed E-state index contributed by atoms with van der Waals surface area (Å²) in [6.07, 6.45) is -6.51. The number of carbonyl (C=O) groups is 2. The molecule has 1 rings (SSSR count). The molecule has 0 aromatic heterocycles. The van der Waals surface area contributed by atoms with E-state index in [4.69, 9.17) is 5.11 Å². The van der Waals surface area contributed by atoms with Crippen LogP contribution < -0.4 is 5.32 Å². The van der Waals surface area contributed by atoms with Crippen LogP contribution in [0.3, 0.4) is 0 Å². The minimum Gasteiger partial charge on any atom is -0.480 e. The predicted molar refractivity (Wildman–Crippen MR) is 60.7 cm³/mol. The highest BCUT2D eigenvalue weighted by molar-refractivity contribution is 5.88. The normalized spacial score (nSPS) is 13.6. The molecule has 4 nitrogen and oxygen atoms in total. The van der Waals surface area contributed by atoms with E-state index >= 15 is 0 Å². The summed E-state index contributed by atoms with van der Waals surface area (Å²) < 4.78 is 61.5. The van der Waals surface area contributed by atoms with Crippen LogP contribution in [0.5, 0.6) is 0 Å². The molecule has 0 radical (unpaired) electrons. The molecule has 1 aromatic carbocycles. The van der Waals surface area contributed by atoms with Crippen LogP contribution in [-0.4, -0.2) is 35.1 Å². The second-order valence-electron chi connectivity index (χ2n) is 4.13. The summed E-state index contributed by atoms with van der Waals surface area (Å²) in [5, 5.41) is 10.0. The van der Waals surface area contributed by atoms with Gasteiger partial charge >= 0.3 is 24.0 Å². The molecule has 0 spiro atoms. The van der Waals surface area contributed by atoms with E-state index in [0.717, 1.165) is 0 Å². The highest BCUT2D eigenvalue weighted by Crippen LogP contribution is 2.35. The molecule has 1 atom stereocenters. The molecule has 116 valence electrons. The van der Waals surface area contributed by atoms with Gasteiger partial charge in [-0.1, -0.05) is 30.3 Å². The number of rotatable bonds is 5. The lowest BCUT2D eigenvalue weighted by molar-refractivity contribution is -0.270. The molecule has 21 heavy (non-hydrogen) atoms. The molecule has 1 aromatic rings. The van der Waals surface area contributed by atoms with Crippen LogP contribution in [0.15, 0.2) is 30.3 Å². The van der Waals surface area contributed by atoms with Crippen molar-refractivity contribution >= 4 is 11.9 Å². The van der Waals surface area contributed by atoms with Gasteiger partial charge in [-0.3, -0.25) is 4.79 Å². The number of benzene rings is 1. The Kier molecular flexibility index (Phi) is 4.87. The fourth-order valence-corrected chi connectivity index (χ4v) is 1.43. The summed E-state index contributed by atoms with van der Waals surface area (Å²) in [5.41, 5.74) is 0.362. The molecule has 9 heteroatoms. The number of alkyl halides is 5. The van der Waals surface area contributed by atoms with Gasteiger partial charge in [-0.15, -0.1) is 0 Å². The number of hydrogen-bond acceptors (Lipinski definition) is 2. The van der Waals surface area contributed by atoms with E-state index in [2.05, 4.69) is 0 Å². The number of nitrogens with one attached hydrogen (secondary N) is 1. The van der Waals surface area contributed by atoms with Crippen molar-refractivity contribution in [1.82, 2.24) is 5.32 Å². The van der Waals surface area contributed by atoms with Crippen molar-refractivity contribution in [2.24, 2.45) is 0 Å². The van der Waals surface area contributed by atoms with E-state index < -0.39 is 36.4 Å². The van der Waals surface area contributed by atoms with Crippen molar-refractivity contribution in [1.29, 1.82) is 0 Å². The van der Waals surface area contributed by atoms with Crippen LogP contribution in [-0.2, 0) is 16.0 Å². The van der Waals surface area contributed by atoms with E-state index in [1.807, 2.05) is 0 Å². The first-order valence-corrected chi connectivity index (χ1v) is 5.58. The molecule has 0 bridgehead atoms.